The summed E-state index contributed by atoms with van der Waals surface area (Å²) in [6.45, 7) is 0. The number of nitriles is 1. The highest BCUT2D eigenvalue weighted by molar-refractivity contribution is 7.85. The minimum atomic E-state index is -4.31. The summed E-state index contributed by atoms with van der Waals surface area (Å²) in [6, 6.07) is 11.5. The highest BCUT2D eigenvalue weighted by Crippen LogP contribution is 2.26. The Morgan fingerprint density at radius 1 is 1.33 bits per heavy atom. The molecule has 0 unspecified atom stereocenters. The number of nitrogens with zero attached hydrogens (tertiary/aromatic N) is 4. The topological polar surface area (TPSA) is 145 Å². The molecule has 1 aromatic heterocycles. The second kappa shape index (κ2) is 6.07. The van der Waals surface area contributed by atoms with Crippen molar-refractivity contribution in [2.75, 3.05) is 5.32 Å². The number of tetrazole rings is 1. The van der Waals surface area contributed by atoms with E-state index in [1.54, 1.807) is 24.3 Å². The van der Waals surface area contributed by atoms with Crippen molar-refractivity contribution < 1.29 is 13.0 Å². The van der Waals surface area contributed by atoms with E-state index in [9.17, 15) is 13.0 Å². The van der Waals surface area contributed by atoms with Crippen LogP contribution in [0.2, 0.25) is 0 Å². The Balaban J connectivity index is 2.05. The van der Waals surface area contributed by atoms with Crippen LogP contribution in [0, 0.1) is 11.3 Å². The van der Waals surface area contributed by atoms with Crippen molar-refractivity contribution in [2.24, 2.45) is 0 Å². The van der Waals surface area contributed by atoms with E-state index < -0.39 is 10.1 Å². The van der Waals surface area contributed by atoms with Gasteiger partial charge in [0.25, 0.3) is 10.1 Å². The van der Waals surface area contributed by atoms with Crippen molar-refractivity contribution in [3.63, 3.8) is 0 Å². The average Bonchev–Trinajstić information content (AvgIpc) is 3.08. The zero-order chi connectivity index (χ0) is 17.2. The minimum Gasteiger partial charge on any atom is -0.360 e. The van der Waals surface area contributed by atoms with Gasteiger partial charge in [-0.1, -0.05) is 18.2 Å². The number of aromatic amines is 1. The van der Waals surface area contributed by atoms with Crippen molar-refractivity contribution in [1.82, 2.24) is 20.6 Å². The van der Waals surface area contributed by atoms with Gasteiger partial charge in [-0.2, -0.15) is 18.9 Å². The van der Waals surface area contributed by atoms with E-state index in [1.807, 2.05) is 6.07 Å². The molecule has 2 aromatic carbocycles. The molecule has 3 rings (SSSR count). The van der Waals surface area contributed by atoms with Gasteiger partial charge in [-0.25, -0.2) is 0 Å². The zero-order valence-electron chi connectivity index (χ0n) is 12.0. The molecule has 0 aliphatic rings. The molecule has 9 nitrogen and oxygen atoms in total. The number of hydrogen-bond acceptors (Lipinski definition) is 7. The molecule has 0 saturated heterocycles. The van der Waals surface area contributed by atoms with Crippen molar-refractivity contribution in [3.8, 4) is 6.07 Å². The maximum Gasteiger partial charge on any atom is 0.294 e. The highest BCUT2D eigenvalue weighted by Gasteiger charge is 2.11. The van der Waals surface area contributed by atoms with Crippen molar-refractivity contribution in [1.29, 1.82) is 5.26 Å². The fourth-order valence-electron chi connectivity index (χ4n) is 2.11. The zero-order valence-corrected chi connectivity index (χ0v) is 12.8. The van der Waals surface area contributed by atoms with E-state index in [2.05, 4.69) is 25.9 Å². The van der Waals surface area contributed by atoms with E-state index in [0.29, 0.717) is 11.1 Å². The van der Waals surface area contributed by atoms with E-state index in [-0.39, 0.29) is 16.3 Å². The largest absolute Gasteiger partial charge is 0.360 e. The molecule has 3 aromatic rings. The second-order valence-electron chi connectivity index (χ2n) is 4.71. The third-order valence-corrected chi connectivity index (χ3v) is 4.08. The fourth-order valence-corrected chi connectivity index (χ4v) is 2.62. The van der Waals surface area contributed by atoms with Crippen LogP contribution >= 0.6 is 0 Å². The molecule has 0 fully saturated rings. The summed E-state index contributed by atoms with van der Waals surface area (Å²) in [5, 5.41) is 26.5. The van der Waals surface area contributed by atoms with Crippen LogP contribution in [0.3, 0.4) is 0 Å². The molecule has 0 aliphatic carbocycles. The minimum absolute atomic E-state index is 0.129. The quantitative estimate of drug-likeness (QED) is 0.478. The van der Waals surface area contributed by atoms with E-state index in [1.165, 1.54) is 18.3 Å². The SMILES string of the molecule is N#CC(=CNc1cccc2ccc(S(=O)(=O)O)cc12)c1nn[nH]n1. The number of allylic oxidation sites excluding steroid dienone is 1. The smallest absolute Gasteiger partial charge is 0.294 e. The lowest BCUT2D eigenvalue weighted by molar-refractivity contribution is 0.483. The Morgan fingerprint density at radius 3 is 2.83 bits per heavy atom. The molecule has 0 bridgehead atoms. The van der Waals surface area contributed by atoms with Crippen LogP contribution < -0.4 is 5.32 Å². The van der Waals surface area contributed by atoms with Gasteiger partial charge in [0.15, 0.2) is 0 Å². The van der Waals surface area contributed by atoms with Crippen LogP contribution in [0.1, 0.15) is 5.82 Å². The molecule has 10 heteroatoms. The Labute approximate surface area is 136 Å². The first-order valence-corrected chi connectivity index (χ1v) is 8.04. The summed E-state index contributed by atoms with van der Waals surface area (Å²) in [5.41, 5.74) is 0.695. The van der Waals surface area contributed by atoms with Crippen LogP contribution in [0.25, 0.3) is 16.3 Å². The molecule has 3 N–H and O–H groups in total. The van der Waals surface area contributed by atoms with Gasteiger partial charge in [0, 0.05) is 17.3 Å². The van der Waals surface area contributed by atoms with Gasteiger partial charge in [-0.3, -0.25) is 4.55 Å². The van der Waals surface area contributed by atoms with Crippen molar-refractivity contribution in [2.45, 2.75) is 4.90 Å². The molecule has 0 saturated carbocycles. The van der Waals surface area contributed by atoms with Crippen molar-refractivity contribution >= 4 is 32.2 Å². The third kappa shape index (κ3) is 3.07. The average molecular weight is 342 g/mol. The number of fused-ring (bicyclic) bond motifs is 1. The first-order valence-electron chi connectivity index (χ1n) is 6.60. The van der Waals surface area contributed by atoms with Gasteiger partial charge < -0.3 is 5.32 Å². The molecule has 0 amide bonds. The standard InChI is InChI=1S/C14H10N6O3S/c15-7-10(14-17-19-20-18-14)8-16-13-3-1-2-9-4-5-11(6-12(9)13)24(21,22)23/h1-6,8,16H,(H,21,22,23)(H,17,18,19,20). The second-order valence-corrected chi connectivity index (χ2v) is 6.13. The molecule has 120 valence electrons. The summed E-state index contributed by atoms with van der Waals surface area (Å²) >= 11 is 0. The van der Waals surface area contributed by atoms with Crippen LogP contribution in [-0.2, 0) is 10.1 Å². The predicted octanol–water partition coefficient (Wildman–Crippen LogP) is 1.58. The molecule has 0 aliphatic heterocycles. The van der Waals surface area contributed by atoms with Crippen LogP contribution in [0.5, 0.6) is 0 Å². The van der Waals surface area contributed by atoms with Crippen LogP contribution in [0.4, 0.5) is 5.69 Å². The first kappa shape index (κ1) is 15.6. The number of rotatable bonds is 4. The number of hydrogen-bond donors (Lipinski definition) is 3. The molecule has 1 heterocycles. The van der Waals surface area contributed by atoms with Crippen LogP contribution in [0.15, 0.2) is 47.5 Å². The maximum atomic E-state index is 11.3. The first-order chi connectivity index (χ1) is 11.5. The van der Waals surface area contributed by atoms with Gasteiger partial charge in [0.05, 0.1) is 4.90 Å². The number of nitrogens with one attached hydrogen (secondary N) is 2. The van der Waals surface area contributed by atoms with Crippen LogP contribution in [-0.4, -0.2) is 33.6 Å². The number of benzene rings is 2. The Kier molecular flexibility index (Phi) is 3.95. The highest BCUT2D eigenvalue weighted by atomic mass is 32.2. The Morgan fingerprint density at radius 2 is 2.17 bits per heavy atom. The summed E-state index contributed by atoms with van der Waals surface area (Å²) in [4.78, 5) is -0.216. The van der Waals surface area contributed by atoms with Crippen molar-refractivity contribution in [3.05, 3.63) is 48.4 Å². The maximum absolute atomic E-state index is 11.3. The summed E-state index contributed by atoms with van der Waals surface area (Å²) in [5.74, 6) is 0.129. The lowest BCUT2D eigenvalue weighted by atomic mass is 10.1. The Hall–Kier alpha value is -3.29. The van der Waals surface area contributed by atoms with Gasteiger partial charge in [0.1, 0.15) is 11.6 Å². The number of H-pyrrole nitrogens is 1. The van der Waals surface area contributed by atoms with E-state index in [0.717, 1.165) is 5.39 Å². The molecular formula is C14H10N6O3S. The third-order valence-electron chi connectivity index (χ3n) is 3.23. The predicted molar refractivity (Wildman–Crippen MR) is 85.2 cm³/mol. The van der Waals surface area contributed by atoms with Gasteiger partial charge in [0.2, 0.25) is 5.82 Å². The summed E-state index contributed by atoms with van der Waals surface area (Å²) < 4.78 is 31.8. The summed E-state index contributed by atoms with van der Waals surface area (Å²) in [7, 11) is -4.31. The molecule has 0 radical (unpaired) electrons. The van der Waals surface area contributed by atoms with E-state index in [4.69, 9.17) is 5.26 Å². The van der Waals surface area contributed by atoms with Gasteiger partial charge in [-0.05, 0) is 28.8 Å². The lowest BCUT2D eigenvalue weighted by Crippen LogP contribution is -1.98. The molecular weight excluding hydrogens is 332 g/mol. The lowest BCUT2D eigenvalue weighted by Gasteiger charge is -2.08. The molecule has 0 atom stereocenters. The fraction of sp³-hybridized carbons (Fsp3) is 0. The van der Waals surface area contributed by atoms with Gasteiger partial charge in [-0.15, -0.1) is 10.2 Å². The summed E-state index contributed by atoms with van der Waals surface area (Å²) in [6.07, 6.45) is 1.39. The molecule has 0 spiro atoms. The molecule has 24 heavy (non-hydrogen) atoms. The monoisotopic (exact) mass is 342 g/mol. The number of anilines is 1. The number of aromatic nitrogens is 4. The normalized spacial score (nSPS) is 12.1. The van der Waals surface area contributed by atoms with Gasteiger partial charge >= 0.3 is 0 Å². The van der Waals surface area contributed by atoms with E-state index >= 15 is 0 Å². The Bertz CT molecular complexity index is 1070.